The van der Waals surface area contributed by atoms with Gasteiger partial charge in [0.25, 0.3) is 23.6 Å². The molecule has 8 aliphatic carbocycles. The van der Waals surface area contributed by atoms with E-state index >= 15 is 13.2 Å². The summed E-state index contributed by atoms with van der Waals surface area (Å²) in [6.07, 6.45) is 9.54. The van der Waals surface area contributed by atoms with Crippen LogP contribution in [0.1, 0.15) is 164 Å². The number of benzene rings is 6. The minimum absolute atomic E-state index is 0.104. The fraction of sp³-hybridized carbons (Fsp3) is 0.470. The minimum atomic E-state index is -5.02. The van der Waals surface area contributed by atoms with Crippen molar-refractivity contribution in [1.82, 2.24) is 0 Å². The average Bonchev–Trinajstić information content (AvgIpc) is 1.47. The van der Waals surface area contributed by atoms with Gasteiger partial charge in [0.05, 0.1) is 68.7 Å². The second-order valence-corrected chi connectivity index (χ2v) is 32.6. The zero-order valence-electron chi connectivity index (χ0n) is 56.7. The van der Waals surface area contributed by atoms with Crippen molar-refractivity contribution < 1.29 is 61.0 Å². The van der Waals surface area contributed by atoms with Gasteiger partial charge in [0.15, 0.2) is 0 Å². The van der Waals surface area contributed by atoms with Crippen LogP contribution in [0.2, 0.25) is 0 Å². The van der Waals surface area contributed by atoms with Crippen LogP contribution in [0.25, 0.3) is 0 Å². The Kier molecular flexibility index (Phi) is 14.5. The molecule has 8 amide bonds. The fourth-order valence-corrected chi connectivity index (χ4v) is 23.2. The normalized spacial score (nSPS) is 33.8. The van der Waals surface area contributed by atoms with Crippen molar-refractivity contribution in [3.63, 3.8) is 0 Å². The molecule has 100 heavy (non-hydrogen) atoms. The minimum Gasteiger partial charge on any atom is -0.457 e. The van der Waals surface area contributed by atoms with Crippen LogP contribution in [0.15, 0.2) is 133 Å². The molecule has 0 aromatic heterocycles. The fourth-order valence-electron chi connectivity index (χ4n) is 23.2. The second-order valence-electron chi connectivity index (χ2n) is 32.6. The molecular weight excluding hydrogens is 1270 g/mol. The Balaban J connectivity index is 0.507. The van der Waals surface area contributed by atoms with Gasteiger partial charge in [-0.2, -0.15) is 13.2 Å². The molecule has 514 valence electrons. The molecule has 16 unspecified atom stereocenters. The van der Waals surface area contributed by atoms with Gasteiger partial charge in [-0.15, -0.1) is 0 Å². The van der Waals surface area contributed by atoms with Gasteiger partial charge in [0.1, 0.15) is 28.4 Å². The molecular formula is C83H81F3N4O10. The van der Waals surface area contributed by atoms with Gasteiger partial charge in [0.2, 0.25) is 23.6 Å². The van der Waals surface area contributed by atoms with Gasteiger partial charge in [0, 0.05) is 0 Å². The Hall–Kier alpha value is -8.73. The lowest BCUT2D eigenvalue weighted by atomic mass is 9.67. The van der Waals surface area contributed by atoms with E-state index < -0.39 is 35.2 Å². The van der Waals surface area contributed by atoms with E-state index in [0.29, 0.717) is 58.0 Å². The van der Waals surface area contributed by atoms with Crippen molar-refractivity contribution in [3.8, 4) is 23.0 Å². The maximum Gasteiger partial charge on any atom is 0.402 e. The van der Waals surface area contributed by atoms with Crippen LogP contribution in [0.3, 0.4) is 0 Å². The molecule has 12 aliphatic rings. The highest BCUT2D eigenvalue weighted by atomic mass is 19.4. The average molecular weight is 1350 g/mol. The first-order valence-electron chi connectivity index (χ1n) is 36.7. The number of rotatable bonds is 16. The number of anilines is 4. The lowest BCUT2D eigenvalue weighted by Gasteiger charge is -2.37. The number of hydrogen-bond acceptors (Lipinski definition) is 10. The Morgan fingerprint density at radius 2 is 0.710 bits per heavy atom. The maximum atomic E-state index is 15.8. The summed E-state index contributed by atoms with van der Waals surface area (Å²) in [6, 6.07) is 32.5. The number of carbonyl (C=O) groups excluding carboxylic acids is 8. The van der Waals surface area contributed by atoms with Crippen molar-refractivity contribution in [2.45, 2.75) is 123 Å². The van der Waals surface area contributed by atoms with Gasteiger partial charge in [-0.05, 0) is 311 Å². The molecule has 10 fully saturated rings. The molecule has 8 saturated carbocycles. The van der Waals surface area contributed by atoms with E-state index in [1.807, 2.05) is 0 Å². The molecule has 6 aromatic rings. The Morgan fingerprint density at radius 1 is 0.390 bits per heavy atom. The van der Waals surface area contributed by atoms with Crippen molar-refractivity contribution in [3.05, 3.63) is 167 Å². The van der Waals surface area contributed by atoms with Crippen LogP contribution < -0.4 is 29.1 Å². The zero-order chi connectivity index (χ0) is 69.0. The Labute approximate surface area is 579 Å². The van der Waals surface area contributed by atoms with Gasteiger partial charge in [-0.3, -0.25) is 48.2 Å². The number of fused-ring (bicyclic) bond motifs is 16. The Morgan fingerprint density at radius 3 is 1.04 bits per heavy atom. The number of halogens is 3. The molecule has 17 heteroatoms. The predicted molar refractivity (Wildman–Crippen MR) is 366 cm³/mol. The van der Waals surface area contributed by atoms with E-state index in [4.69, 9.17) is 9.47 Å². The molecule has 8 bridgehead atoms. The summed E-state index contributed by atoms with van der Waals surface area (Å²) in [6.45, 7) is 10.6. The molecule has 6 aromatic carbocycles. The first kappa shape index (κ1) is 63.4. The van der Waals surface area contributed by atoms with Crippen molar-refractivity contribution >= 4 is 70.0 Å². The van der Waals surface area contributed by atoms with Crippen LogP contribution in [0, 0.1) is 118 Å². The predicted octanol–water partition coefficient (Wildman–Crippen LogP) is 16.7. The summed E-state index contributed by atoms with van der Waals surface area (Å²) in [5.74, 6) is 6.13. The van der Waals surface area contributed by atoms with Crippen LogP contribution in [-0.4, -0.2) is 53.4 Å². The van der Waals surface area contributed by atoms with Crippen LogP contribution in [0.4, 0.5) is 35.9 Å². The number of imide groups is 4. The van der Waals surface area contributed by atoms with Crippen molar-refractivity contribution in [1.29, 1.82) is 0 Å². The van der Waals surface area contributed by atoms with Crippen LogP contribution in [-0.2, 0) is 24.6 Å². The summed E-state index contributed by atoms with van der Waals surface area (Å²) in [7, 11) is 0. The van der Waals surface area contributed by atoms with E-state index in [0.717, 1.165) is 114 Å². The number of carbonyl (C=O) groups is 8. The van der Waals surface area contributed by atoms with E-state index in [1.54, 1.807) is 72.8 Å². The monoisotopic (exact) mass is 1350 g/mol. The number of hydrogen-bond donors (Lipinski definition) is 0. The number of amides is 8. The lowest BCUT2D eigenvalue weighted by molar-refractivity contribution is -0.173. The molecule has 0 spiro atoms. The summed E-state index contributed by atoms with van der Waals surface area (Å²) in [5, 5.41) is 0. The number of alkyl halides is 3. The second kappa shape index (κ2) is 22.9. The zero-order valence-corrected chi connectivity index (χ0v) is 56.7. The highest BCUT2D eigenvalue weighted by molar-refractivity contribution is 6.35. The highest BCUT2D eigenvalue weighted by Gasteiger charge is 2.67. The standard InChI is InChI=1S/C83H81F3N4O10/c1-40(30-64-42(3)44-6-8-46(64)32-44)62-34-48-36-66(62)72-70(48)78(95)89(80(72)97)54-16-24-58(25-17-54)99-56-20-12-52(13-21-56)87-74(91)60-28-10-50(38-68(60)76(87)93)82(5,83(84,85)86)51-11-29-61-69(39-51)77(94)88(75(61)92)53-14-22-57(23-15-53)100-59-26-18-55(19-27-59)90-79(96)71-49-35-63(67(37-49)73(71)81(90)98)41(2)31-65-43(4)45-7-9-47(65)33-45/h10-29,38-49,62-67,70-73H,6-9,30-37H2,1-5H3/t40?,41?,42?,43?,44?,45?,46?,47?,48?,49?,62?,63?,64?,65?,66?,67?,70-,71-,72+,73+,82?/m0/s1. The topological polar surface area (TPSA) is 168 Å². The number of ether oxygens (including phenoxy) is 2. The summed E-state index contributed by atoms with van der Waals surface area (Å²) in [4.78, 5) is 117. The summed E-state index contributed by atoms with van der Waals surface area (Å²) < 4.78 is 59.7. The Bertz CT molecular complexity index is 4200. The third kappa shape index (κ3) is 9.38. The van der Waals surface area contributed by atoms with Gasteiger partial charge < -0.3 is 9.47 Å². The van der Waals surface area contributed by atoms with E-state index in [2.05, 4.69) is 27.7 Å². The largest absolute Gasteiger partial charge is 0.457 e. The summed E-state index contributed by atoms with van der Waals surface area (Å²) >= 11 is 0. The third-order valence-electron chi connectivity index (χ3n) is 28.3. The lowest BCUT2D eigenvalue weighted by Crippen LogP contribution is -2.41. The summed E-state index contributed by atoms with van der Waals surface area (Å²) in [5.41, 5.74) is -3.03. The molecule has 0 N–H and O–H groups in total. The molecule has 4 aliphatic heterocycles. The molecule has 20 atom stereocenters. The third-order valence-corrected chi connectivity index (χ3v) is 28.3. The molecule has 2 saturated heterocycles. The van der Waals surface area contributed by atoms with E-state index in [9.17, 15) is 38.4 Å². The SMILES string of the molecule is CC(CC1C2CCC(C2)C1C)C1CC2CC1[C@H]1C(=O)N(c3ccc(Oc4ccc(N5C(=O)c6ccc(C(C)(c7ccc8c(c7)C(=O)N(c7ccc(Oc9ccc(N%10C(=O)[C@@H]%11C%12CC(CC%12C(C)CC%12C%13CCC(C%13)C%12C)[C@@H]%11C%10=O)cc9)cc7)C8=O)C(F)(F)F)cc6C5=O)cc4)cc3)C(=O)[C@@H]21. The van der Waals surface area contributed by atoms with E-state index in [-0.39, 0.29) is 116 Å². The highest BCUT2D eigenvalue weighted by Crippen LogP contribution is 2.65. The van der Waals surface area contributed by atoms with Gasteiger partial charge in [-0.25, -0.2) is 9.80 Å². The molecule has 18 rings (SSSR count). The first-order chi connectivity index (χ1) is 48.0. The number of nitrogens with zero attached hydrogens (tertiary/aromatic N) is 4. The molecule has 4 heterocycles. The van der Waals surface area contributed by atoms with Crippen LogP contribution >= 0.6 is 0 Å². The van der Waals surface area contributed by atoms with Crippen molar-refractivity contribution in [2.24, 2.45) is 118 Å². The first-order valence-corrected chi connectivity index (χ1v) is 36.7. The molecule has 14 nitrogen and oxygen atoms in total. The maximum absolute atomic E-state index is 15.8. The van der Waals surface area contributed by atoms with Gasteiger partial charge >= 0.3 is 6.18 Å². The smallest absolute Gasteiger partial charge is 0.402 e. The van der Waals surface area contributed by atoms with Crippen molar-refractivity contribution in [2.75, 3.05) is 19.6 Å². The van der Waals surface area contributed by atoms with Gasteiger partial charge in [-0.1, -0.05) is 39.8 Å². The quantitative estimate of drug-likeness (QED) is 0.0851. The van der Waals surface area contributed by atoms with E-state index in [1.165, 1.54) is 97.6 Å². The van der Waals surface area contributed by atoms with Crippen LogP contribution in [0.5, 0.6) is 23.0 Å². The molecule has 0 radical (unpaired) electrons.